The number of ether oxygens (including phenoxy) is 1. The molecular formula is C15H20BrNO3. The van der Waals surface area contributed by atoms with Crippen molar-refractivity contribution in [3.63, 3.8) is 0 Å². The minimum Gasteiger partial charge on any atom is -0.465 e. The molecule has 0 fully saturated rings. The molecule has 0 atom stereocenters. The fraction of sp³-hybridized carbons (Fsp3) is 0.467. The number of halogens is 1. The minimum atomic E-state index is -0.377. The van der Waals surface area contributed by atoms with Gasteiger partial charge in [0, 0.05) is 11.0 Å². The average molecular weight is 342 g/mol. The van der Waals surface area contributed by atoms with Crippen LogP contribution in [0.4, 0.5) is 0 Å². The summed E-state index contributed by atoms with van der Waals surface area (Å²) >= 11 is 3.38. The third kappa shape index (κ3) is 4.63. The summed E-state index contributed by atoms with van der Waals surface area (Å²) in [7, 11) is 0. The van der Waals surface area contributed by atoms with Gasteiger partial charge in [-0.25, -0.2) is 0 Å². The van der Waals surface area contributed by atoms with E-state index in [0.717, 1.165) is 16.5 Å². The predicted octanol–water partition coefficient (Wildman–Crippen LogP) is 3.17. The van der Waals surface area contributed by atoms with E-state index in [-0.39, 0.29) is 18.4 Å². The first-order valence-corrected chi connectivity index (χ1v) is 7.49. The Morgan fingerprint density at radius 3 is 2.60 bits per heavy atom. The lowest BCUT2D eigenvalue weighted by Gasteiger charge is -2.21. The summed E-state index contributed by atoms with van der Waals surface area (Å²) in [5, 5.41) is 0. The van der Waals surface area contributed by atoms with Crippen LogP contribution in [-0.4, -0.2) is 36.5 Å². The Kier molecular flexibility index (Phi) is 6.71. The van der Waals surface area contributed by atoms with Gasteiger partial charge in [-0.15, -0.1) is 0 Å². The third-order valence-electron chi connectivity index (χ3n) is 2.76. The summed E-state index contributed by atoms with van der Waals surface area (Å²) in [5.74, 6) is -0.534. The zero-order valence-electron chi connectivity index (χ0n) is 12.1. The van der Waals surface area contributed by atoms with E-state index in [1.165, 1.54) is 4.90 Å². The molecule has 1 aromatic rings. The molecule has 0 aliphatic carbocycles. The number of benzene rings is 1. The van der Waals surface area contributed by atoms with Crippen LogP contribution < -0.4 is 0 Å². The molecule has 0 aliphatic rings. The summed E-state index contributed by atoms with van der Waals surface area (Å²) < 4.78 is 5.65. The van der Waals surface area contributed by atoms with Crippen molar-refractivity contribution in [2.75, 3.05) is 19.7 Å². The number of aryl methyl sites for hydroxylation is 1. The molecule has 0 saturated carbocycles. The van der Waals surface area contributed by atoms with Crippen LogP contribution in [0.15, 0.2) is 22.7 Å². The van der Waals surface area contributed by atoms with Gasteiger partial charge in [0.1, 0.15) is 6.54 Å². The molecule has 1 amide bonds. The minimum absolute atomic E-state index is 0.0130. The molecule has 0 bridgehead atoms. The Bertz CT molecular complexity index is 488. The summed E-state index contributed by atoms with van der Waals surface area (Å²) in [6, 6.07) is 5.59. The van der Waals surface area contributed by atoms with Gasteiger partial charge >= 0.3 is 5.97 Å². The van der Waals surface area contributed by atoms with Crippen molar-refractivity contribution < 1.29 is 14.3 Å². The summed E-state index contributed by atoms with van der Waals surface area (Å²) in [6.45, 7) is 6.48. The lowest BCUT2D eigenvalue weighted by atomic mass is 10.1. The third-order valence-corrected chi connectivity index (χ3v) is 3.45. The van der Waals surface area contributed by atoms with E-state index in [1.54, 1.807) is 6.92 Å². The molecular weight excluding hydrogens is 322 g/mol. The topological polar surface area (TPSA) is 46.6 Å². The fourth-order valence-electron chi connectivity index (χ4n) is 1.86. The Morgan fingerprint density at radius 2 is 2.00 bits per heavy atom. The van der Waals surface area contributed by atoms with Gasteiger partial charge in [0.15, 0.2) is 0 Å². The van der Waals surface area contributed by atoms with Crippen LogP contribution in [0.1, 0.15) is 36.2 Å². The van der Waals surface area contributed by atoms with E-state index in [1.807, 2.05) is 32.0 Å². The predicted molar refractivity (Wildman–Crippen MR) is 81.7 cm³/mol. The Hall–Kier alpha value is -1.36. The lowest BCUT2D eigenvalue weighted by molar-refractivity contribution is -0.143. The molecule has 0 unspecified atom stereocenters. The normalized spacial score (nSPS) is 10.2. The maximum atomic E-state index is 12.5. The highest BCUT2D eigenvalue weighted by atomic mass is 79.9. The van der Waals surface area contributed by atoms with Crippen LogP contribution in [0.5, 0.6) is 0 Å². The quantitative estimate of drug-likeness (QED) is 0.746. The monoisotopic (exact) mass is 341 g/mol. The molecule has 0 aromatic heterocycles. The summed E-state index contributed by atoms with van der Waals surface area (Å²) in [4.78, 5) is 25.6. The molecule has 1 rings (SSSR count). The van der Waals surface area contributed by atoms with Crippen LogP contribution in [0.2, 0.25) is 0 Å². The van der Waals surface area contributed by atoms with Crippen LogP contribution >= 0.6 is 15.9 Å². The van der Waals surface area contributed by atoms with E-state index in [0.29, 0.717) is 18.7 Å². The van der Waals surface area contributed by atoms with Crippen LogP contribution in [0.3, 0.4) is 0 Å². The number of rotatable bonds is 6. The smallest absolute Gasteiger partial charge is 0.325 e. The Morgan fingerprint density at radius 1 is 1.30 bits per heavy atom. The fourth-order valence-corrected chi connectivity index (χ4v) is 2.27. The lowest BCUT2D eigenvalue weighted by Crippen LogP contribution is -2.37. The number of amides is 1. The highest BCUT2D eigenvalue weighted by Crippen LogP contribution is 2.20. The molecule has 110 valence electrons. The molecule has 0 saturated heterocycles. The second kappa shape index (κ2) is 8.04. The van der Waals surface area contributed by atoms with E-state index in [4.69, 9.17) is 4.74 Å². The van der Waals surface area contributed by atoms with Crippen molar-refractivity contribution >= 4 is 27.8 Å². The van der Waals surface area contributed by atoms with Crippen molar-refractivity contribution in [3.8, 4) is 0 Å². The maximum Gasteiger partial charge on any atom is 0.325 e. The number of nitrogens with zero attached hydrogens (tertiary/aromatic N) is 1. The molecule has 0 N–H and O–H groups in total. The van der Waals surface area contributed by atoms with Crippen LogP contribution in [-0.2, 0) is 9.53 Å². The van der Waals surface area contributed by atoms with Gasteiger partial charge in [-0.05, 0) is 48.3 Å². The molecule has 1 aromatic carbocycles. The standard InChI is InChI=1S/C15H20BrNO3/c1-4-8-17(10-14(18)20-5-2)15(19)12-9-11(3)6-7-13(12)16/h6-7,9H,4-5,8,10H2,1-3H3. The van der Waals surface area contributed by atoms with Crippen molar-refractivity contribution in [1.82, 2.24) is 4.90 Å². The molecule has 0 spiro atoms. The Balaban J connectivity index is 2.93. The molecule has 0 heterocycles. The number of carbonyl (C=O) groups is 2. The number of esters is 1. The van der Waals surface area contributed by atoms with E-state index in [9.17, 15) is 9.59 Å². The van der Waals surface area contributed by atoms with E-state index in [2.05, 4.69) is 15.9 Å². The zero-order valence-corrected chi connectivity index (χ0v) is 13.7. The van der Waals surface area contributed by atoms with Crippen molar-refractivity contribution in [1.29, 1.82) is 0 Å². The van der Waals surface area contributed by atoms with Crippen molar-refractivity contribution in [3.05, 3.63) is 33.8 Å². The highest BCUT2D eigenvalue weighted by Gasteiger charge is 2.20. The summed E-state index contributed by atoms with van der Waals surface area (Å²) in [5.41, 5.74) is 1.58. The maximum absolute atomic E-state index is 12.5. The largest absolute Gasteiger partial charge is 0.465 e. The average Bonchev–Trinajstić information content (AvgIpc) is 2.40. The van der Waals surface area contributed by atoms with Gasteiger partial charge in [0.2, 0.25) is 0 Å². The summed E-state index contributed by atoms with van der Waals surface area (Å²) in [6.07, 6.45) is 0.786. The van der Waals surface area contributed by atoms with Gasteiger partial charge < -0.3 is 9.64 Å². The number of hydrogen-bond acceptors (Lipinski definition) is 3. The molecule has 20 heavy (non-hydrogen) atoms. The first kappa shape index (κ1) is 16.7. The van der Waals surface area contributed by atoms with Crippen LogP contribution in [0, 0.1) is 6.92 Å². The first-order chi connectivity index (χ1) is 9.49. The number of carbonyl (C=O) groups excluding carboxylic acids is 2. The zero-order chi connectivity index (χ0) is 15.1. The SMILES string of the molecule is CCCN(CC(=O)OCC)C(=O)c1cc(C)ccc1Br. The second-order valence-electron chi connectivity index (χ2n) is 4.52. The molecule has 5 heteroatoms. The molecule has 4 nitrogen and oxygen atoms in total. The van der Waals surface area contributed by atoms with Crippen molar-refractivity contribution in [2.24, 2.45) is 0 Å². The van der Waals surface area contributed by atoms with Gasteiger partial charge in [0.25, 0.3) is 5.91 Å². The first-order valence-electron chi connectivity index (χ1n) is 6.70. The second-order valence-corrected chi connectivity index (χ2v) is 5.37. The van der Waals surface area contributed by atoms with Crippen LogP contribution in [0.25, 0.3) is 0 Å². The van der Waals surface area contributed by atoms with Gasteiger partial charge in [-0.2, -0.15) is 0 Å². The van der Waals surface area contributed by atoms with E-state index < -0.39 is 0 Å². The van der Waals surface area contributed by atoms with Gasteiger partial charge in [-0.3, -0.25) is 9.59 Å². The van der Waals surface area contributed by atoms with E-state index >= 15 is 0 Å². The molecule has 0 aliphatic heterocycles. The Labute approximate surface area is 128 Å². The van der Waals surface area contributed by atoms with Gasteiger partial charge in [0.05, 0.1) is 12.2 Å². The highest BCUT2D eigenvalue weighted by molar-refractivity contribution is 9.10. The molecule has 0 radical (unpaired) electrons. The number of hydrogen-bond donors (Lipinski definition) is 0. The van der Waals surface area contributed by atoms with Crippen molar-refractivity contribution in [2.45, 2.75) is 27.2 Å². The van der Waals surface area contributed by atoms with Gasteiger partial charge in [-0.1, -0.05) is 18.6 Å².